The topological polar surface area (TPSA) is 65.8 Å². The fourth-order valence-electron chi connectivity index (χ4n) is 3.37. The maximum atomic E-state index is 12.7. The highest BCUT2D eigenvalue weighted by atomic mass is 16.5. The summed E-state index contributed by atoms with van der Waals surface area (Å²) in [5, 5.41) is 0.865. The van der Waals surface area contributed by atoms with Crippen molar-refractivity contribution in [1.82, 2.24) is 8.97 Å². The lowest BCUT2D eigenvalue weighted by molar-refractivity contribution is -0.143. The lowest BCUT2D eigenvalue weighted by Crippen LogP contribution is -2.27. The molecule has 0 amide bonds. The van der Waals surface area contributed by atoms with Crippen LogP contribution in [0.4, 0.5) is 0 Å². The average Bonchev–Trinajstić information content (AvgIpc) is 3.28. The van der Waals surface area contributed by atoms with E-state index in [4.69, 9.17) is 9.15 Å². The SMILES string of the molecule is C=c1n(CCCC(=O)OCC)c(=O)c2cc3cc(-c4ccccc4)oc3n12. The minimum atomic E-state index is -0.254. The van der Waals surface area contributed by atoms with Gasteiger partial charge in [-0.3, -0.25) is 18.6 Å². The molecule has 0 aliphatic carbocycles. The third-order valence-electron chi connectivity index (χ3n) is 4.64. The highest BCUT2D eigenvalue weighted by Crippen LogP contribution is 2.28. The number of carbonyl (C=O) groups is 1. The van der Waals surface area contributed by atoms with Crippen molar-refractivity contribution in [1.29, 1.82) is 0 Å². The summed E-state index contributed by atoms with van der Waals surface area (Å²) in [5.74, 6) is 0.493. The number of aromatic nitrogens is 2. The minimum absolute atomic E-state index is 0.128. The Morgan fingerprint density at radius 2 is 2.00 bits per heavy atom. The van der Waals surface area contributed by atoms with Gasteiger partial charge in [-0.05, 0) is 25.5 Å². The quantitative estimate of drug-likeness (QED) is 0.493. The van der Waals surface area contributed by atoms with Crippen molar-refractivity contribution < 1.29 is 13.9 Å². The summed E-state index contributed by atoms with van der Waals surface area (Å²) in [6, 6.07) is 13.6. The van der Waals surface area contributed by atoms with E-state index in [-0.39, 0.29) is 17.9 Å². The van der Waals surface area contributed by atoms with E-state index < -0.39 is 0 Å². The van der Waals surface area contributed by atoms with E-state index in [9.17, 15) is 9.59 Å². The number of carbonyl (C=O) groups excluding carboxylic acids is 1. The second-order valence-electron chi connectivity index (χ2n) is 6.38. The molecule has 0 radical (unpaired) electrons. The van der Waals surface area contributed by atoms with Crippen LogP contribution in [0.15, 0.2) is 51.7 Å². The van der Waals surface area contributed by atoms with Gasteiger partial charge in [0.1, 0.15) is 16.8 Å². The van der Waals surface area contributed by atoms with Crippen molar-refractivity contribution in [3.8, 4) is 11.3 Å². The number of imidazole rings is 1. The van der Waals surface area contributed by atoms with E-state index in [0.29, 0.717) is 36.3 Å². The Labute approximate surface area is 155 Å². The fraction of sp³-hybridized carbons (Fsp3) is 0.238. The number of nitrogens with zero attached hydrogens (tertiary/aromatic N) is 2. The second-order valence-corrected chi connectivity index (χ2v) is 6.38. The number of hydrogen-bond acceptors (Lipinski definition) is 4. The zero-order valence-electron chi connectivity index (χ0n) is 15.1. The first-order valence-corrected chi connectivity index (χ1v) is 8.97. The summed E-state index contributed by atoms with van der Waals surface area (Å²) >= 11 is 0. The number of ether oxygens (including phenoxy) is 1. The van der Waals surface area contributed by atoms with Crippen LogP contribution < -0.4 is 11.0 Å². The van der Waals surface area contributed by atoms with Crippen molar-refractivity contribution in [3.63, 3.8) is 0 Å². The molecule has 1 aromatic carbocycles. The van der Waals surface area contributed by atoms with E-state index in [1.807, 2.05) is 42.5 Å². The number of rotatable bonds is 6. The Morgan fingerprint density at radius 1 is 1.22 bits per heavy atom. The zero-order chi connectivity index (χ0) is 19.0. The van der Waals surface area contributed by atoms with Gasteiger partial charge in [-0.25, -0.2) is 0 Å². The summed E-state index contributed by atoms with van der Waals surface area (Å²) in [7, 11) is 0. The molecule has 27 heavy (non-hydrogen) atoms. The molecule has 4 aromatic rings. The van der Waals surface area contributed by atoms with Crippen LogP contribution in [0.5, 0.6) is 0 Å². The predicted octanol–water partition coefficient (Wildman–Crippen LogP) is 2.99. The Hall–Kier alpha value is -3.28. The van der Waals surface area contributed by atoms with Gasteiger partial charge < -0.3 is 9.15 Å². The largest absolute Gasteiger partial charge is 0.466 e. The maximum absolute atomic E-state index is 12.7. The monoisotopic (exact) mass is 364 g/mol. The highest BCUT2D eigenvalue weighted by Gasteiger charge is 2.17. The van der Waals surface area contributed by atoms with Gasteiger partial charge in [0.2, 0.25) is 5.71 Å². The molecule has 138 valence electrons. The van der Waals surface area contributed by atoms with Crippen molar-refractivity contribution in [2.45, 2.75) is 26.3 Å². The molecule has 0 saturated carbocycles. The molecule has 3 aromatic heterocycles. The van der Waals surface area contributed by atoms with E-state index >= 15 is 0 Å². The minimum Gasteiger partial charge on any atom is -0.466 e. The van der Waals surface area contributed by atoms with E-state index in [0.717, 1.165) is 16.7 Å². The Kier molecular flexibility index (Phi) is 4.32. The molecule has 0 aliphatic heterocycles. The summed E-state index contributed by atoms with van der Waals surface area (Å²) in [6.07, 6.45) is 0.791. The number of fused-ring (bicyclic) bond motifs is 3. The van der Waals surface area contributed by atoms with Gasteiger partial charge in [0.15, 0.2) is 0 Å². The predicted molar refractivity (Wildman–Crippen MR) is 103 cm³/mol. The van der Waals surface area contributed by atoms with Gasteiger partial charge in [-0.1, -0.05) is 36.9 Å². The molecule has 6 heteroatoms. The van der Waals surface area contributed by atoms with Crippen LogP contribution in [-0.2, 0) is 16.1 Å². The lowest BCUT2D eigenvalue weighted by Gasteiger charge is -2.02. The Morgan fingerprint density at radius 3 is 2.74 bits per heavy atom. The molecule has 0 bridgehead atoms. The Bertz CT molecular complexity index is 1210. The first-order chi connectivity index (χ1) is 13.1. The van der Waals surface area contributed by atoms with Crippen LogP contribution in [0.3, 0.4) is 0 Å². The summed E-state index contributed by atoms with van der Waals surface area (Å²) in [5.41, 5.74) is 2.53. The number of esters is 1. The van der Waals surface area contributed by atoms with Crippen molar-refractivity contribution in [2.24, 2.45) is 0 Å². The second kappa shape index (κ2) is 6.79. The molecule has 6 nitrogen and oxygen atoms in total. The number of benzene rings is 1. The van der Waals surface area contributed by atoms with Crippen LogP contribution in [-0.4, -0.2) is 21.5 Å². The lowest BCUT2D eigenvalue weighted by atomic mass is 10.2. The first-order valence-electron chi connectivity index (χ1n) is 8.97. The molecule has 0 saturated heterocycles. The molecular weight excluding hydrogens is 344 g/mol. The van der Waals surface area contributed by atoms with Gasteiger partial charge in [-0.15, -0.1) is 0 Å². The van der Waals surface area contributed by atoms with E-state index in [1.165, 1.54) is 0 Å². The molecule has 0 aliphatic rings. The molecule has 0 atom stereocenters. The maximum Gasteiger partial charge on any atom is 0.305 e. The zero-order valence-corrected chi connectivity index (χ0v) is 15.1. The number of furan rings is 1. The number of hydrogen-bond donors (Lipinski definition) is 0. The van der Waals surface area contributed by atoms with Crippen LogP contribution in [0.1, 0.15) is 19.8 Å². The molecule has 0 unspecified atom stereocenters. The summed E-state index contributed by atoms with van der Waals surface area (Å²) < 4.78 is 14.3. The smallest absolute Gasteiger partial charge is 0.305 e. The van der Waals surface area contributed by atoms with Crippen LogP contribution in [0.25, 0.3) is 34.5 Å². The van der Waals surface area contributed by atoms with Crippen molar-refractivity contribution >= 4 is 29.2 Å². The molecule has 4 rings (SSSR count). The van der Waals surface area contributed by atoms with Crippen LogP contribution in [0.2, 0.25) is 0 Å². The molecule has 3 heterocycles. The normalized spacial score (nSPS) is 11.4. The average molecular weight is 364 g/mol. The first kappa shape index (κ1) is 17.1. The third kappa shape index (κ3) is 2.93. The summed E-state index contributed by atoms with van der Waals surface area (Å²) in [4.78, 5) is 24.2. The standard InChI is InChI=1S/C21H20N2O4/c1-3-26-19(24)10-7-11-22-14(2)23-17(20(22)25)12-16-13-18(27-21(16)23)15-8-5-4-6-9-15/h4-6,8-9,12-13H,2-3,7,10-11H2,1H3. The van der Waals surface area contributed by atoms with Gasteiger partial charge in [-0.2, -0.15) is 0 Å². The molecule has 0 fully saturated rings. The van der Waals surface area contributed by atoms with Crippen molar-refractivity contribution in [2.75, 3.05) is 6.61 Å². The van der Waals surface area contributed by atoms with Gasteiger partial charge in [0.25, 0.3) is 5.56 Å². The third-order valence-corrected chi connectivity index (χ3v) is 4.64. The fourth-order valence-corrected chi connectivity index (χ4v) is 3.37. The molecule has 0 spiro atoms. The van der Waals surface area contributed by atoms with Gasteiger partial charge >= 0.3 is 5.97 Å². The Balaban J connectivity index is 1.69. The highest BCUT2D eigenvalue weighted by molar-refractivity contribution is 5.87. The van der Waals surface area contributed by atoms with Gasteiger partial charge in [0, 0.05) is 23.9 Å². The van der Waals surface area contributed by atoms with E-state index in [2.05, 4.69) is 6.58 Å². The van der Waals surface area contributed by atoms with Gasteiger partial charge in [0.05, 0.1) is 6.61 Å². The van der Waals surface area contributed by atoms with Crippen molar-refractivity contribution in [3.05, 3.63) is 58.3 Å². The molecule has 0 N–H and O–H groups in total. The van der Waals surface area contributed by atoms with E-state index in [1.54, 1.807) is 15.9 Å². The molecular formula is C21H20N2O4. The van der Waals surface area contributed by atoms with Crippen LogP contribution in [0, 0.1) is 0 Å². The van der Waals surface area contributed by atoms with Crippen LogP contribution >= 0.6 is 0 Å². The summed E-state index contributed by atoms with van der Waals surface area (Å²) in [6.45, 7) is 6.60.